The number of amides is 1. The first-order valence-corrected chi connectivity index (χ1v) is 7.06. The fourth-order valence-electron chi connectivity index (χ4n) is 2.07. The molecule has 120 valence electrons. The van der Waals surface area contributed by atoms with Crippen LogP contribution < -0.4 is 0 Å². The molecule has 7 nitrogen and oxygen atoms in total. The summed E-state index contributed by atoms with van der Waals surface area (Å²) < 4.78 is 4.56. The van der Waals surface area contributed by atoms with Gasteiger partial charge in [-0.25, -0.2) is 0 Å². The van der Waals surface area contributed by atoms with E-state index in [0.29, 0.717) is 12.1 Å². The lowest BCUT2D eigenvalue weighted by molar-refractivity contribution is -0.385. The molecule has 0 spiro atoms. The van der Waals surface area contributed by atoms with E-state index in [1.165, 1.54) is 18.1 Å². The Bertz CT molecular complexity index is 544. The molecule has 1 rings (SSSR count). The lowest BCUT2D eigenvalue weighted by atomic mass is 10.1. The summed E-state index contributed by atoms with van der Waals surface area (Å²) in [6.07, 6.45) is 0.793. The molecular weight excluding hydrogens is 288 g/mol. The van der Waals surface area contributed by atoms with Crippen LogP contribution in [0, 0.1) is 10.1 Å². The molecule has 0 fully saturated rings. The maximum atomic E-state index is 12.3. The molecule has 0 aliphatic carbocycles. The summed E-state index contributed by atoms with van der Waals surface area (Å²) >= 11 is 0. The van der Waals surface area contributed by atoms with Crippen LogP contribution in [0.4, 0.5) is 5.69 Å². The third kappa shape index (κ3) is 5.16. The highest BCUT2D eigenvalue weighted by atomic mass is 16.6. The second-order valence-corrected chi connectivity index (χ2v) is 4.77. The summed E-state index contributed by atoms with van der Waals surface area (Å²) in [5.74, 6) is -0.625. The predicted molar refractivity (Wildman–Crippen MR) is 80.3 cm³/mol. The first-order chi connectivity index (χ1) is 10.5. The Hall–Kier alpha value is -2.44. The van der Waals surface area contributed by atoms with Crippen molar-refractivity contribution in [2.45, 2.75) is 26.2 Å². The van der Waals surface area contributed by atoms with Crippen molar-refractivity contribution in [1.82, 2.24) is 4.90 Å². The number of carbonyl (C=O) groups is 2. The van der Waals surface area contributed by atoms with Crippen LogP contribution in [0.5, 0.6) is 0 Å². The second-order valence-electron chi connectivity index (χ2n) is 4.77. The van der Waals surface area contributed by atoms with Crippen LogP contribution in [0.25, 0.3) is 0 Å². The molecule has 1 amide bonds. The zero-order chi connectivity index (χ0) is 16.5. The van der Waals surface area contributed by atoms with Crippen LogP contribution in [0.3, 0.4) is 0 Å². The lowest BCUT2D eigenvalue weighted by Crippen LogP contribution is -2.35. The van der Waals surface area contributed by atoms with Crippen molar-refractivity contribution in [3.63, 3.8) is 0 Å². The molecule has 0 saturated heterocycles. The van der Waals surface area contributed by atoms with E-state index in [1.54, 1.807) is 18.2 Å². The van der Waals surface area contributed by atoms with E-state index in [2.05, 4.69) is 4.74 Å². The van der Waals surface area contributed by atoms with Crippen LogP contribution in [0.2, 0.25) is 0 Å². The minimum atomic E-state index is -0.499. The van der Waals surface area contributed by atoms with Gasteiger partial charge < -0.3 is 9.64 Å². The monoisotopic (exact) mass is 308 g/mol. The van der Waals surface area contributed by atoms with Gasteiger partial charge in [0.05, 0.1) is 24.9 Å². The maximum Gasteiger partial charge on any atom is 0.307 e. The van der Waals surface area contributed by atoms with Gasteiger partial charge in [-0.3, -0.25) is 19.7 Å². The minimum Gasteiger partial charge on any atom is -0.469 e. The topological polar surface area (TPSA) is 89.8 Å². The molecule has 0 aromatic heterocycles. The first-order valence-electron chi connectivity index (χ1n) is 7.06. The maximum absolute atomic E-state index is 12.3. The van der Waals surface area contributed by atoms with Crippen molar-refractivity contribution in [3.05, 3.63) is 39.9 Å². The van der Waals surface area contributed by atoms with Gasteiger partial charge in [0.15, 0.2) is 0 Å². The van der Waals surface area contributed by atoms with Crippen molar-refractivity contribution in [1.29, 1.82) is 0 Å². The highest BCUT2D eigenvalue weighted by molar-refractivity contribution is 5.80. The highest BCUT2D eigenvalue weighted by Gasteiger charge is 2.20. The first kappa shape index (κ1) is 17.6. The quantitative estimate of drug-likeness (QED) is 0.416. The zero-order valence-corrected chi connectivity index (χ0v) is 12.8. The van der Waals surface area contributed by atoms with Crippen LogP contribution in [0.1, 0.15) is 25.3 Å². The van der Waals surface area contributed by atoms with E-state index >= 15 is 0 Å². The molecular formula is C15H20N2O5. The van der Waals surface area contributed by atoms with Crippen molar-refractivity contribution in [3.8, 4) is 0 Å². The van der Waals surface area contributed by atoms with Gasteiger partial charge in [0, 0.05) is 24.7 Å². The van der Waals surface area contributed by atoms with Gasteiger partial charge in [-0.15, -0.1) is 0 Å². The van der Waals surface area contributed by atoms with Gasteiger partial charge in [0.2, 0.25) is 5.91 Å². The van der Waals surface area contributed by atoms with Crippen LogP contribution in [0.15, 0.2) is 24.3 Å². The predicted octanol–water partition coefficient (Wildman–Crippen LogP) is 1.94. The van der Waals surface area contributed by atoms with Gasteiger partial charge in [0.1, 0.15) is 0 Å². The Morgan fingerprint density at radius 1 is 1.27 bits per heavy atom. The van der Waals surface area contributed by atoms with Gasteiger partial charge in [-0.2, -0.15) is 0 Å². The summed E-state index contributed by atoms with van der Waals surface area (Å²) in [6.45, 7) is 2.67. The van der Waals surface area contributed by atoms with Crippen LogP contribution >= 0.6 is 0 Å². The van der Waals surface area contributed by atoms with E-state index in [9.17, 15) is 19.7 Å². The normalized spacial score (nSPS) is 10.1. The average molecular weight is 308 g/mol. The molecule has 0 radical (unpaired) electrons. The minimum absolute atomic E-state index is 0.0572. The summed E-state index contributed by atoms with van der Waals surface area (Å²) in [7, 11) is 1.29. The van der Waals surface area contributed by atoms with Crippen molar-refractivity contribution in [2.24, 2.45) is 0 Å². The zero-order valence-electron chi connectivity index (χ0n) is 12.8. The average Bonchev–Trinajstić information content (AvgIpc) is 2.51. The number of carbonyl (C=O) groups excluding carboxylic acids is 2. The molecule has 22 heavy (non-hydrogen) atoms. The van der Waals surface area contributed by atoms with Crippen LogP contribution in [-0.2, 0) is 20.7 Å². The van der Waals surface area contributed by atoms with Crippen LogP contribution in [-0.4, -0.2) is 41.9 Å². The number of esters is 1. The molecule has 0 aliphatic heterocycles. The molecule has 0 N–H and O–H groups in total. The molecule has 0 atom stereocenters. The number of hydrogen-bond donors (Lipinski definition) is 0. The Kier molecular flexibility index (Phi) is 7.01. The van der Waals surface area contributed by atoms with Crippen molar-refractivity contribution in [2.75, 3.05) is 20.2 Å². The summed E-state index contributed by atoms with van der Waals surface area (Å²) in [6, 6.07) is 6.17. The van der Waals surface area contributed by atoms with Gasteiger partial charge in [-0.05, 0) is 6.42 Å². The summed E-state index contributed by atoms with van der Waals surface area (Å²) in [5.41, 5.74) is 0.303. The molecule has 1 aromatic carbocycles. The largest absolute Gasteiger partial charge is 0.469 e. The smallest absolute Gasteiger partial charge is 0.307 e. The molecule has 1 aromatic rings. The molecule has 0 bridgehead atoms. The fraction of sp³-hybridized carbons (Fsp3) is 0.467. The third-order valence-corrected chi connectivity index (χ3v) is 3.19. The molecule has 0 heterocycles. The fourth-order valence-corrected chi connectivity index (χ4v) is 2.07. The van der Waals surface area contributed by atoms with Gasteiger partial charge in [0.25, 0.3) is 5.69 Å². The van der Waals surface area contributed by atoms with E-state index in [-0.39, 0.29) is 37.0 Å². The van der Waals surface area contributed by atoms with Gasteiger partial charge >= 0.3 is 5.97 Å². The van der Waals surface area contributed by atoms with E-state index in [1.807, 2.05) is 6.92 Å². The number of rotatable bonds is 8. The van der Waals surface area contributed by atoms with E-state index in [0.717, 1.165) is 6.42 Å². The molecule has 0 unspecified atom stereocenters. The van der Waals surface area contributed by atoms with E-state index in [4.69, 9.17) is 0 Å². The molecule has 0 saturated carbocycles. The summed E-state index contributed by atoms with van der Waals surface area (Å²) in [5, 5.41) is 11.0. The lowest BCUT2D eigenvalue weighted by Gasteiger charge is -2.21. The Morgan fingerprint density at radius 2 is 1.95 bits per heavy atom. The van der Waals surface area contributed by atoms with Gasteiger partial charge in [-0.1, -0.05) is 25.1 Å². The molecule has 0 aliphatic rings. The number of methoxy groups -OCH3 is 1. The number of nitro benzene ring substituents is 1. The molecule has 7 heteroatoms. The Balaban J connectivity index is 2.78. The SMILES string of the molecule is CCCN(CCC(=O)OC)C(=O)Cc1ccccc1[N+](=O)[O-]. The number of ether oxygens (including phenoxy) is 1. The Morgan fingerprint density at radius 3 is 2.55 bits per heavy atom. The number of nitro groups is 1. The number of nitrogens with zero attached hydrogens (tertiary/aromatic N) is 2. The van der Waals surface area contributed by atoms with Crippen molar-refractivity contribution < 1.29 is 19.2 Å². The number of benzene rings is 1. The summed E-state index contributed by atoms with van der Waals surface area (Å²) in [4.78, 5) is 35.5. The van der Waals surface area contributed by atoms with Crippen molar-refractivity contribution >= 4 is 17.6 Å². The second kappa shape index (κ2) is 8.76. The third-order valence-electron chi connectivity index (χ3n) is 3.19. The Labute approximate surface area is 129 Å². The standard InChI is InChI=1S/C15H20N2O5/c1-3-9-16(10-8-15(19)22-2)14(18)11-12-6-4-5-7-13(12)17(20)21/h4-7H,3,8-11H2,1-2H3. The van der Waals surface area contributed by atoms with E-state index < -0.39 is 4.92 Å². The number of hydrogen-bond acceptors (Lipinski definition) is 5. The highest BCUT2D eigenvalue weighted by Crippen LogP contribution is 2.19. The number of para-hydroxylation sites is 1.